The minimum atomic E-state index is -1.03. The average molecular weight is 390 g/mol. The average Bonchev–Trinajstić information content (AvgIpc) is 2.65. The van der Waals surface area contributed by atoms with E-state index in [0.717, 1.165) is 0 Å². The van der Waals surface area contributed by atoms with E-state index in [0.29, 0.717) is 5.52 Å². The van der Waals surface area contributed by atoms with Crippen LogP contribution in [0.2, 0.25) is 0 Å². The van der Waals surface area contributed by atoms with Crippen LogP contribution in [0.25, 0.3) is 10.9 Å². The first-order valence-electron chi connectivity index (χ1n) is 8.78. The number of fused-ring (bicyclic) bond motifs is 1. The van der Waals surface area contributed by atoms with Crippen molar-refractivity contribution >= 4 is 34.7 Å². The molecule has 0 saturated carbocycles. The van der Waals surface area contributed by atoms with Crippen molar-refractivity contribution in [1.82, 2.24) is 15.3 Å². The zero-order valence-corrected chi connectivity index (χ0v) is 15.6. The number of nitrogens with two attached hydrogens (primary N) is 1. The number of nitrogens with one attached hydrogen (secondary N) is 2. The van der Waals surface area contributed by atoms with E-state index >= 15 is 0 Å². The topological polar surface area (TPSA) is 153 Å². The van der Waals surface area contributed by atoms with Gasteiger partial charge in [0.15, 0.2) is 0 Å². The SMILES string of the molecule is CCOC(=O)CCC(NC(=O)c1ccc2nc(N)[nH]c(=O)c2c1)C(=O)OCC. The Hall–Kier alpha value is -3.43. The highest BCUT2D eigenvalue weighted by Gasteiger charge is 2.24. The molecule has 1 unspecified atom stereocenters. The molecule has 0 fully saturated rings. The molecule has 0 radical (unpaired) electrons. The number of hydrogen-bond acceptors (Lipinski definition) is 8. The van der Waals surface area contributed by atoms with E-state index in [2.05, 4.69) is 15.3 Å². The first kappa shape index (κ1) is 20.9. The zero-order valence-electron chi connectivity index (χ0n) is 15.6. The van der Waals surface area contributed by atoms with E-state index in [9.17, 15) is 19.2 Å². The summed E-state index contributed by atoms with van der Waals surface area (Å²) in [6, 6.07) is 3.25. The summed E-state index contributed by atoms with van der Waals surface area (Å²) in [5.74, 6) is -1.77. The molecule has 0 spiro atoms. The number of H-pyrrole nitrogens is 1. The molecule has 0 aliphatic carbocycles. The number of carbonyl (C=O) groups excluding carboxylic acids is 3. The van der Waals surface area contributed by atoms with Crippen LogP contribution in [-0.4, -0.2) is 47.1 Å². The fourth-order valence-electron chi connectivity index (χ4n) is 2.53. The molecule has 28 heavy (non-hydrogen) atoms. The lowest BCUT2D eigenvalue weighted by Gasteiger charge is -2.17. The molecule has 2 rings (SSSR count). The van der Waals surface area contributed by atoms with Gasteiger partial charge >= 0.3 is 11.9 Å². The molecule has 4 N–H and O–H groups in total. The smallest absolute Gasteiger partial charge is 0.328 e. The summed E-state index contributed by atoms with van der Waals surface area (Å²) in [5.41, 5.74) is 5.49. The van der Waals surface area contributed by atoms with Crippen molar-refractivity contribution in [3.63, 3.8) is 0 Å². The molecule has 1 atom stereocenters. The molecule has 0 saturated heterocycles. The van der Waals surface area contributed by atoms with Crippen LogP contribution in [0.3, 0.4) is 0 Å². The Bertz CT molecular complexity index is 939. The van der Waals surface area contributed by atoms with Gasteiger partial charge < -0.3 is 20.5 Å². The zero-order chi connectivity index (χ0) is 20.7. The van der Waals surface area contributed by atoms with Crippen LogP contribution in [-0.2, 0) is 19.1 Å². The van der Waals surface area contributed by atoms with E-state index in [4.69, 9.17) is 15.2 Å². The highest BCUT2D eigenvalue weighted by atomic mass is 16.5. The molecular weight excluding hydrogens is 368 g/mol. The minimum absolute atomic E-state index is 0.0235. The molecule has 10 nitrogen and oxygen atoms in total. The number of nitrogens with zero attached hydrogens (tertiary/aromatic N) is 1. The Morgan fingerprint density at radius 1 is 1.21 bits per heavy atom. The number of carbonyl (C=O) groups is 3. The van der Waals surface area contributed by atoms with Crippen LogP contribution in [0.1, 0.15) is 37.0 Å². The maximum Gasteiger partial charge on any atom is 0.328 e. The van der Waals surface area contributed by atoms with E-state index in [1.807, 2.05) is 0 Å². The van der Waals surface area contributed by atoms with Gasteiger partial charge in [-0.15, -0.1) is 0 Å². The van der Waals surface area contributed by atoms with Gasteiger partial charge in [-0.3, -0.25) is 19.4 Å². The van der Waals surface area contributed by atoms with Crippen LogP contribution in [0.5, 0.6) is 0 Å². The molecular formula is C18H22N4O6. The van der Waals surface area contributed by atoms with Gasteiger partial charge in [-0.1, -0.05) is 0 Å². The van der Waals surface area contributed by atoms with Gasteiger partial charge in [-0.25, -0.2) is 9.78 Å². The van der Waals surface area contributed by atoms with E-state index < -0.39 is 29.4 Å². The number of ether oxygens (including phenoxy) is 2. The standard InChI is InChI=1S/C18H22N4O6/c1-3-27-14(23)8-7-13(17(26)28-4-2)20-15(24)10-5-6-12-11(9-10)16(25)22-18(19)21-12/h5-6,9,13H,3-4,7-8H2,1-2H3,(H,20,24)(H3,19,21,22,25). The summed E-state index contributed by atoms with van der Waals surface area (Å²) in [6.45, 7) is 3.66. The summed E-state index contributed by atoms with van der Waals surface area (Å²) >= 11 is 0. The number of esters is 2. The van der Waals surface area contributed by atoms with E-state index in [-0.39, 0.29) is 43.0 Å². The summed E-state index contributed by atoms with van der Waals surface area (Å²) in [5, 5.41) is 2.71. The van der Waals surface area contributed by atoms with Crippen molar-refractivity contribution in [2.75, 3.05) is 18.9 Å². The first-order valence-corrected chi connectivity index (χ1v) is 8.78. The molecule has 150 valence electrons. The third kappa shape index (κ3) is 5.29. The number of anilines is 1. The van der Waals surface area contributed by atoms with Crippen LogP contribution in [0.4, 0.5) is 5.95 Å². The number of nitrogen functional groups attached to an aromatic ring is 1. The highest BCUT2D eigenvalue weighted by molar-refractivity contribution is 5.99. The lowest BCUT2D eigenvalue weighted by Crippen LogP contribution is -2.42. The summed E-state index contributed by atoms with van der Waals surface area (Å²) in [6.07, 6.45) is -0.0339. The Labute approximate surface area is 160 Å². The number of aromatic amines is 1. The predicted molar refractivity (Wildman–Crippen MR) is 101 cm³/mol. The normalized spacial score (nSPS) is 11.6. The number of rotatable bonds is 8. The third-order valence-electron chi connectivity index (χ3n) is 3.80. The molecule has 2 aromatic rings. The second-order valence-electron chi connectivity index (χ2n) is 5.80. The van der Waals surface area contributed by atoms with Crippen molar-refractivity contribution in [3.8, 4) is 0 Å². The highest BCUT2D eigenvalue weighted by Crippen LogP contribution is 2.12. The van der Waals surface area contributed by atoms with Gasteiger partial charge in [0.05, 0.1) is 24.1 Å². The molecule has 0 aliphatic heterocycles. The Balaban J connectivity index is 2.19. The second-order valence-corrected chi connectivity index (χ2v) is 5.80. The number of amides is 1. The quantitative estimate of drug-likeness (QED) is 0.551. The molecule has 1 aromatic heterocycles. The molecule has 0 aliphatic rings. The predicted octanol–water partition coefficient (Wildman–Crippen LogP) is 0.510. The van der Waals surface area contributed by atoms with Gasteiger partial charge in [-0.2, -0.15) is 0 Å². The summed E-state index contributed by atoms with van der Waals surface area (Å²) in [7, 11) is 0. The van der Waals surface area contributed by atoms with Crippen molar-refractivity contribution in [2.45, 2.75) is 32.7 Å². The van der Waals surface area contributed by atoms with Gasteiger partial charge in [0.25, 0.3) is 11.5 Å². The fraction of sp³-hybridized carbons (Fsp3) is 0.389. The van der Waals surface area contributed by atoms with Crippen LogP contribution >= 0.6 is 0 Å². The minimum Gasteiger partial charge on any atom is -0.466 e. The van der Waals surface area contributed by atoms with Crippen molar-refractivity contribution < 1.29 is 23.9 Å². The summed E-state index contributed by atoms with van der Waals surface area (Å²) in [4.78, 5) is 54.6. The van der Waals surface area contributed by atoms with E-state index in [1.165, 1.54) is 18.2 Å². The molecule has 10 heteroatoms. The Kier molecular flexibility index (Phi) is 7.08. The van der Waals surface area contributed by atoms with Crippen LogP contribution < -0.4 is 16.6 Å². The number of benzene rings is 1. The summed E-state index contributed by atoms with van der Waals surface area (Å²) < 4.78 is 9.78. The van der Waals surface area contributed by atoms with Crippen molar-refractivity contribution in [2.24, 2.45) is 0 Å². The maximum atomic E-state index is 12.6. The maximum absolute atomic E-state index is 12.6. The number of aromatic nitrogens is 2. The lowest BCUT2D eigenvalue weighted by atomic mass is 10.1. The monoisotopic (exact) mass is 390 g/mol. The van der Waals surface area contributed by atoms with Crippen molar-refractivity contribution in [1.29, 1.82) is 0 Å². The molecule has 1 aromatic carbocycles. The van der Waals surface area contributed by atoms with Gasteiger partial charge in [0.1, 0.15) is 6.04 Å². The van der Waals surface area contributed by atoms with Crippen LogP contribution in [0, 0.1) is 0 Å². The Morgan fingerprint density at radius 3 is 2.61 bits per heavy atom. The largest absolute Gasteiger partial charge is 0.466 e. The second kappa shape index (κ2) is 9.49. The Morgan fingerprint density at radius 2 is 1.93 bits per heavy atom. The van der Waals surface area contributed by atoms with Crippen molar-refractivity contribution in [3.05, 3.63) is 34.1 Å². The first-order chi connectivity index (χ1) is 13.3. The molecule has 0 bridgehead atoms. The third-order valence-corrected chi connectivity index (χ3v) is 3.80. The van der Waals surface area contributed by atoms with Gasteiger partial charge in [-0.05, 0) is 38.5 Å². The number of hydrogen-bond donors (Lipinski definition) is 3. The molecule has 1 heterocycles. The van der Waals surface area contributed by atoms with Gasteiger partial charge in [0.2, 0.25) is 5.95 Å². The lowest BCUT2D eigenvalue weighted by molar-refractivity contribution is -0.146. The fourth-order valence-corrected chi connectivity index (χ4v) is 2.53. The van der Waals surface area contributed by atoms with Gasteiger partial charge in [0, 0.05) is 12.0 Å². The van der Waals surface area contributed by atoms with Crippen LogP contribution in [0.15, 0.2) is 23.0 Å². The molecule has 1 amide bonds. The van der Waals surface area contributed by atoms with E-state index in [1.54, 1.807) is 13.8 Å².